The van der Waals surface area contributed by atoms with Crippen molar-refractivity contribution < 1.29 is 4.57 Å². The van der Waals surface area contributed by atoms with Crippen molar-refractivity contribution in [3.63, 3.8) is 0 Å². The van der Waals surface area contributed by atoms with Gasteiger partial charge in [0.15, 0.2) is 6.20 Å². The molecule has 0 unspecified atom stereocenters. The fourth-order valence-corrected chi connectivity index (χ4v) is 4.04. The first kappa shape index (κ1) is 17.2. The molecule has 0 saturated carbocycles. The Morgan fingerprint density at radius 3 is 2.48 bits per heavy atom. The molecule has 0 aliphatic rings. The monoisotopic (exact) mass is 350 g/mol. The Labute approximate surface area is 160 Å². The summed E-state index contributed by atoms with van der Waals surface area (Å²) in [6.45, 7) is 8.27. The van der Waals surface area contributed by atoms with Gasteiger partial charge in [-0.1, -0.05) is 61.2 Å². The summed E-state index contributed by atoms with van der Waals surface area (Å²) >= 11 is 0. The van der Waals surface area contributed by atoms with Gasteiger partial charge in [0.05, 0.1) is 10.9 Å². The Balaban J connectivity index is 2.11. The van der Waals surface area contributed by atoms with Crippen LogP contribution in [0.5, 0.6) is 0 Å². The molecule has 0 aliphatic heterocycles. The molecule has 0 bridgehead atoms. The minimum atomic E-state index is 1.16. The molecule has 4 aromatic rings. The summed E-state index contributed by atoms with van der Waals surface area (Å²) in [5, 5.41) is 5.11. The number of aromatic nitrogens is 1. The molecule has 0 N–H and O–H groups in total. The van der Waals surface area contributed by atoms with Gasteiger partial charge in [0, 0.05) is 11.5 Å². The van der Waals surface area contributed by atoms with Gasteiger partial charge in [-0.15, -0.1) is 0 Å². The maximum atomic E-state index is 3.99. The second-order valence-electron chi connectivity index (χ2n) is 6.97. The lowest BCUT2D eigenvalue weighted by Gasteiger charge is -2.13. The molecular formula is C26H24N+. The molecule has 0 atom stereocenters. The summed E-state index contributed by atoms with van der Waals surface area (Å²) in [5.41, 5.74) is 6.23. The van der Waals surface area contributed by atoms with Gasteiger partial charge >= 0.3 is 0 Å². The summed E-state index contributed by atoms with van der Waals surface area (Å²) < 4.78 is 2.23. The predicted octanol–water partition coefficient (Wildman–Crippen LogP) is 6.47. The van der Waals surface area contributed by atoms with E-state index in [9.17, 15) is 0 Å². The number of nitrogens with zero attached hydrogens (tertiary/aromatic N) is 1. The molecule has 0 amide bonds. The van der Waals surface area contributed by atoms with Crippen LogP contribution in [0.1, 0.15) is 23.6 Å². The summed E-state index contributed by atoms with van der Waals surface area (Å²) in [5.74, 6) is 0. The topological polar surface area (TPSA) is 3.88 Å². The number of benzene rings is 3. The lowest BCUT2D eigenvalue weighted by atomic mass is 9.92. The molecule has 1 nitrogen and oxygen atoms in total. The summed E-state index contributed by atoms with van der Waals surface area (Å²) in [7, 11) is 2.13. The lowest BCUT2D eigenvalue weighted by molar-refractivity contribution is -0.659. The van der Waals surface area contributed by atoms with Crippen LogP contribution in [-0.2, 0) is 7.05 Å². The van der Waals surface area contributed by atoms with Crippen LogP contribution < -0.4 is 4.57 Å². The largest absolute Gasteiger partial charge is 0.220 e. The van der Waals surface area contributed by atoms with E-state index >= 15 is 0 Å². The number of hydrogen-bond donors (Lipinski definition) is 0. The van der Waals surface area contributed by atoms with Gasteiger partial charge in [0.1, 0.15) is 7.05 Å². The van der Waals surface area contributed by atoms with Crippen molar-refractivity contribution in [1.82, 2.24) is 0 Å². The predicted molar refractivity (Wildman–Crippen MR) is 118 cm³/mol. The number of aryl methyl sites for hydroxylation is 2. The van der Waals surface area contributed by atoms with Crippen LogP contribution in [0.2, 0.25) is 0 Å². The molecule has 0 radical (unpaired) electrons. The second-order valence-corrected chi connectivity index (χ2v) is 6.97. The van der Waals surface area contributed by atoms with Crippen molar-refractivity contribution in [2.45, 2.75) is 13.8 Å². The second kappa shape index (κ2) is 6.85. The average molecular weight is 350 g/mol. The Hall–Kier alpha value is -3.19. The van der Waals surface area contributed by atoms with Crippen molar-refractivity contribution in [2.75, 3.05) is 0 Å². The van der Waals surface area contributed by atoms with Crippen molar-refractivity contribution in [2.24, 2.45) is 7.05 Å². The van der Waals surface area contributed by atoms with E-state index in [1.54, 1.807) is 0 Å². The average Bonchev–Trinajstić information content (AvgIpc) is 2.69. The van der Waals surface area contributed by atoms with Gasteiger partial charge in [-0.3, -0.25) is 0 Å². The zero-order chi connectivity index (χ0) is 19.0. The maximum absolute atomic E-state index is 3.99. The standard InChI is InChI=1S/C26H24N/c1-5-9-23-19(6-2)12-15-25-24(23)16-17-27(4)26(25)22-14-13-20-10-7-8-11-21(20)18(22)3/h5-17H,2H2,1,3-4H3/q+1/b9-5-. The van der Waals surface area contributed by atoms with Crippen molar-refractivity contribution in [1.29, 1.82) is 0 Å². The Morgan fingerprint density at radius 2 is 1.70 bits per heavy atom. The van der Waals surface area contributed by atoms with Crippen LogP contribution in [0.4, 0.5) is 0 Å². The highest BCUT2D eigenvalue weighted by Crippen LogP contribution is 2.34. The Bertz CT molecular complexity index is 1210. The number of fused-ring (bicyclic) bond motifs is 2. The maximum Gasteiger partial charge on any atom is 0.220 e. The molecule has 27 heavy (non-hydrogen) atoms. The van der Waals surface area contributed by atoms with Crippen molar-refractivity contribution in [3.8, 4) is 11.3 Å². The molecule has 0 fully saturated rings. The normalized spacial score (nSPS) is 11.5. The lowest BCUT2D eigenvalue weighted by Crippen LogP contribution is -2.30. The fourth-order valence-electron chi connectivity index (χ4n) is 4.04. The Morgan fingerprint density at radius 1 is 0.889 bits per heavy atom. The minimum Gasteiger partial charge on any atom is -0.200 e. The van der Waals surface area contributed by atoms with E-state index in [-0.39, 0.29) is 0 Å². The third-order valence-electron chi connectivity index (χ3n) is 5.40. The SMILES string of the molecule is C=Cc1ccc2c(-c3ccc4ccccc4c3C)[n+](C)ccc2c1/C=C\C. The highest BCUT2D eigenvalue weighted by atomic mass is 14.9. The zero-order valence-corrected chi connectivity index (χ0v) is 16.2. The van der Waals surface area contributed by atoms with Gasteiger partial charge in [-0.05, 0) is 53.4 Å². The molecule has 132 valence electrons. The quantitative estimate of drug-likeness (QED) is 0.373. The summed E-state index contributed by atoms with van der Waals surface area (Å²) in [4.78, 5) is 0. The minimum absolute atomic E-state index is 1.16. The van der Waals surface area contributed by atoms with Gasteiger partial charge in [0.25, 0.3) is 0 Å². The smallest absolute Gasteiger partial charge is 0.200 e. The first-order chi connectivity index (χ1) is 13.2. The van der Waals surface area contributed by atoms with Crippen LogP contribution in [0, 0.1) is 6.92 Å². The third kappa shape index (κ3) is 2.76. The highest BCUT2D eigenvalue weighted by Gasteiger charge is 2.19. The fraction of sp³-hybridized carbons (Fsp3) is 0.115. The van der Waals surface area contributed by atoms with E-state index in [0.29, 0.717) is 0 Å². The number of allylic oxidation sites excluding steroid dienone is 1. The van der Waals surface area contributed by atoms with E-state index < -0.39 is 0 Å². The van der Waals surface area contributed by atoms with Crippen LogP contribution in [0.25, 0.3) is 45.0 Å². The van der Waals surface area contributed by atoms with Crippen LogP contribution in [0.15, 0.2) is 73.4 Å². The van der Waals surface area contributed by atoms with Crippen LogP contribution >= 0.6 is 0 Å². The molecule has 0 saturated heterocycles. The molecule has 1 aromatic heterocycles. The molecule has 0 aliphatic carbocycles. The van der Waals surface area contributed by atoms with Gasteiger partial charge in [0.2, 0.25) is 5.69 Å². The number of rotatable bonds is 3. The van der Waals surface area contributed by atoms with Crippen LogP contribution in [-0.4, -0.2) is 0 Å². The van der Waals surface area contributed by atoms with Gasteiger partial charge in [-0.2, -0.15) is 0 Å². The summed E-state index contributed by atoms with van der Waals surface area (Å²) in [6, 6.07) is 19.7. The molecule has 1 heteroatoms. The number of hydrogen-bond acceptors (Lipinski definition) is 0. The molecule has 3 aromatic carbocycles. The summed E-state index contributed by atoms with van der Waals surface area (Å²) in [6.07, 6.45) is 8.36. The van der Waals surface area contributed by atoms with E-state index in [1.165, 1.54) is 43.9 Å². The van der Waals surface area contributed by atoms with E-state index in [2.05, 4.69) is 105 Å². The van der Waals surface area contributed by atoms with E-state index in [1.807, 2.05) is 6.08 Å². The van der Waals surface area contributed by atoms with Gasteiger partial charge < -0.3 is 0 Å². The third-order valence-corrected chi connectivity index (χ3v) is 5.40. The molecule has 1 heterocycles. The Kier molecular flexibility index (Phi) is 4.37. The molecular weight excluding hydrogens is 326 g/mol. The van der Waals surface area contributed by atoms with E-state index in [0.717, 1.165) is 5.56 Å². The number of pyridine rings is 1. The molecule has 0 spiro atoms. The van der Waals surface area contributed by atoms with Crippen LogP contribution in [0.3, 0.4) is 0 Å². The molecule has 4 rings (SSSR count). The van der Waals surface area contributed by atoms with Gasteiger partial charge in [-0.25, -0.2) is 4.57 Å². The zero-order valence-electron chi connectivity index (χ0n) is 16.2. The van der Waals surface area contributed by atoms with Crippen molar-refractivity contribution in [3.05, 3.63) is 90.1 Å². The van der Waals surface area contributed by atoms with E-state index in [4.69, 9.17) is 0 Å². The first-order valence-electron chi connectivity index (χ1n) is 9.35. The first-order valence-corrected chi connectivity index (χ1v) is 9.35. The highest BCUT2D eigenvalue weighted by molar-refractivity contribution is 6.02. The van der Waals surface area contributed by atoms with Crippen molar-refractivity contribution >= 4 is 33.7 Å².